The van der Waals surface area contributed by atoms with E-state index in [9.17, 15) is 0 Å². The van der Waals surface area contributed by atoms with Crippen LogP contribution in [-0.4, -0.2) is 44.7 Å². The van der Waals surface area contributed by atoms with Gasteiger partial charge in [0.05, 0.1) is 0 Å². The third kappa shape index (κ3) is 44.7. The van der Waals surface area contributed by atoms with Gasteiger partial charge in [-0.25, -0.2) is 0 Å². The van der Waals surface area contributed by atoms with E-state index in [2.05, 4.69) is 58.8 Å². The van der Waals surface area contributed by atoms with Gasteiger partial charge in [-0.1, -0.05) is 130 Å². The molecule has 2 nitrogen and oxygen atoms in total. The molecule has 4 saturated carbocycles. The van der Waals surface area contributed by atoms with Crippen LogP contribution >= 0.6 is 0 Å². The fraction of sp³-hybridized carbons (Fsp3) is 0.879. The van der Waals surface area contributed by atoms with Gasteiger partial charge in [-0.15, -0.1) is 0 Å². The Balaban J connectivity index is -0.0000000479. The third-order valence-electron chi connectivity index (χ3n) is 6.90. The summed E-state index contributed by atoms with van der Waals surface area (Å²) in [6.07, 6.45) is 28.4. The van der Waals surface area contributed by atoms with Crippen molar-refractivity contribution in [3.8, 4) is 0 Å². The molecule has 0 aromatic rings. The number of hydrogen-bond acceptors (Lipinski definition) is 2. The molecule has 240 valence electrons. The molecule has 0 aromatic carbocycles. The molecule has 38 heavy (non-hydrogen) atoms. The minimum atomic E-state index is 0. The van der Waals surface area contributed by atoms with Gasteiger partial charge in [0.25, 0.3) is 0 Å². The van der Waals surface area contributed by atoms with Crippen LogP contribution < -0.4 is 24.0 Å². The largest absolute Gasteiger partial charge is 2.00 e. The number of halogens is 1. The first-order chi connectivity index (χ1) is 14.7. The SMILES string of the molecule is C1CCCC1.C1CCCC1.C1CCCC1.CC(C)(C)C1CCCC1.CN(C)CN(C)C.[CH3-].[CH3-].[CH3-].[CH3-].[Fe+2].[Fe+2].[I-]. The second-order valence-corrected chi connectivity index (χ2v) is 12.0. The van der Waals surface area contributed by atoms with Gasteiger partial charge in [0.1, 0.15) is 0 Å². The van der Waals surface area contributed by atoms with E-state index in [1.165, 1.54) is 122 Å². The predicted octanol–water partition coefficient (Wildman–Crippen LogP) is 7.94. The molecule has 0 atom stereocenters. The summed E-state index contributed by atoms with van der Waals surface area (Å²) in [4.78, 5) is 4.25. The fourth-order valence-electron chi connectivity index (χ4n) is 5.01. The Morgan fingerprint density at radius 3 is 0.711 bits per heavy atom. The average Bonchev–Trinajstić information content (AvgIpc) is 3.55. The minimum absolute atomic E-state index is 0. The van der Waals surface area contributed by atoms with Crippen LogP contribution in [-0.2, 0) is 34.1 Å². The van der Waals surface area contributed by atoms with Crippen LogP contribution in [0, 0.1) is 41.0 Å². The van der Waals surface area contributed by atoms with Crippen molar-refractivity contribution in [3.05, 3.63) is 29.7 Å². The maximum absolute atomic E-state index is 2.36. The Morgan fingerprint density at radius 1 is 0.447 bits per heavy atom. The molecule has 4 rings (SSSR count). The van der Waals surface area contributed by atoms with Crippen LogP contribution in [0.25, 0.3) is 0 Å². The molecule has 5 heteroatoms. The van der Waals surface area contributed by atoms with E-state index in [0.717, 1.165) is 12.6 Å². The van der Waals surface area contributed by atoms with Crippen molar-refractivity contribution in [2.75, 3.05) is 34.9 Å². The molecule has 0 heterocycles. The van der Waals surface area contributed by atoms with Crippen LogP contribution in [0.1, 0.15) is 143 Å². The van der Waals surface area contributed by atoms with E-state index in [1.54, 1.807) is 0 Å². The summed E-state index contributed by atoms with van der Waals surface area (Å²) in [5, 5.41) is 0. The second-order valence-electron chi connectivity index (χ2n) is 12.0. The topological polar surface area (TPSA) is 6.48 Å². The van der Waals surface area contributed by atoms with Crippen molar-refractivity contribution in [2.24, 2.45) is 11.3 Å². The molecule has 0 radical (unpaired) electrons. The van der Waals surface area contributed by atoms with Gasteiger partial charge in [-0.3, -0.25) is 9.80 Å². The van der Waals surface area contributed by atoms with Gasteiger partial charge in [0.15, 0.2) is 0 Å². The maximum Gasteiger partial charge on any atom is 2.00 e. The number of hydrogen-bond donors (Lipinski definition) is 0. The second kappa shape index (κ2) is 40.8. The first-order valence-electron chi connectivity index (χ1n) is 14.0. The fourth-order valence-corrected chi connectivity index (χ4v) is 5.01. The Kier molecular flexibility index (Phi) is 63.6. The molecular weight excluding hydrogens is 663 g/mol. The monoisotopic (exact) mass is 737 g/mol. The van der Waals surface area contributed by atoms with Crippen molar-refractivity contribution in [1.29, 1.82) is 0 Å². The minimum Gasteiger partial charge on any atom is -1.00 e. The first-order valence-corrected chi connectivity index (χ1v) is 14.0. The molecular formula is C33H74Fe2IN2-. The van der Waals surface area contributed by atoms with Gasteiger partial charge in [-0.05, 0) is 52.4 Å². The molecule has 0 unspecified atom stereocenters. The van der Waals surface area contributed by atoms with E-state index in [-0.39, 0.29) is 87.8 Å². The van der Waals surface area contributed by atoms with Crippen LogP contribution in [0.4, 0.5) is 0 Å². The van der Waals surface area contributed by atoms with E-state index < -0.39 is 0 Å². The summed E-state index contributed by atoms with van der Waals surface area (Å²) in [5.74, 6) is 1.01. The van der Waals surface area contributed by atoms with Crippen LogP contribution in [0.3, 0.4) is 0 Å². The van der Waals surface area contributed by atoms with Gasteiger partial charge < -0.3 is 53.7 Å². The normalized spacial score (nSPS) is 17.0. The molecule has 0 aromatic heterocycles. The molecule has 4 aliphatic rings. The summed E-state index contributed by atoms with van der Waals surface area (Å²) in [6.45, 7) is 8.12. The molecule has 4 fully saturated rings. The van der Waals surface area contributed by atoms with Crippen LogP contribution in [0.2, 0.25) is 0 Å². The number of nitrogens with zero attached hydrogens (tertiary/aromatic N) is 2. The summed E-state index contributed by atoms with van der Waals surface area (Å²) in [6, 6.07) is 0. The van der Waals surface area contributed by atoms with Crippen molar-refractivity contribution in [1.82, 2.24) is 9.80 Å². The zero-order chi connectivity index (χ0) is 23.4. The van der Waals surface area contributed by atoms with E-state index in [0.29, 0.717) is 5.41 Å². The number of rotatable bonds is 2. The first kappa shape index (κ1) is 59.2. The summed E-state index contributed by atoms with van der Waals surface area (Å²) in [7, 11) is 8.22. The van der Waals surface area contributed by atoms with Crippen molar-refractivity contribution in [3.63, 3.8) is 0 Å². The summed E-state index contributed by atoms with van der Waals surface area (Å²) < 4.78 is 0. The molecule has 4 aliphatic carbocycles. The zero-order valence-electron chi connectivity index (χ0n) is 28.2. The average molecular weight is 738 g/mol. The Hall–Kier alpha value is 1.69. The van der Waals surface area contributed by atoms with Crippen molar-refractivity contribution in [2.45, 2.75) is 143 Å². The molecule has 0 N–H and O–H groups in total. The van der Waals surface area contributed by atoms with Gasteiger partial charge in [-0.2, -0.15) is 0 Å². The van der Waals surface area contributed by atoms with Gasteiger partial charge in [0.2, 0.25) is 0 Å². The van der Waals surface area contributed by atoms with Crippen LogP contribution in [0.5, 0.6) is 0 Å². The quantitative estimate of drug-likeness (QED) is 0.123. The van der Waals surface area contributed by atoms with Crippen molar-refractivity contribution >= 4 is 0 Å². The van der Waals surface area contributed by atoms with E-state index >= 15 is 0 Å². The Bertz CT molecular complexity index is 304. The smallest absolute Gasteiger partial charge is 1.00 e. The Morgan fingerprint density at radius 2 is 0.632 bits per heavy atom. The third-order valence-corrected chi connectivity index (χ3v) is 6.90. The standard InChI is InChI=1S/C9H18.C5H14N2.3C5H10.4CH3.2Fe.HI/c1-9(2,3)8-6-4-5-7-8;1-6(2)5-7(3)4;3*1-2-4-5-3-1;;;;;;;/h8H,4-7H2,1-3H3;5H2,1-4H3;3*1-5H2;4*1H3;;;1H/q;;;;;4*-1;2*+2;/p-1. The van der Waals surface area contributed by atoms with Crippen molar-refractivity contribution < 1.29 is 58.1 Å². The maximum atomic E-state index is 2.36. The molecule has 0 amide bonds. The molecule has 0 aliphatic heterocycles. The zero-order valence-corrected chi connectivity index (χ0v) is 32.6. The summed E-state index contributed by atoms with van der Waals surface area (Å²) >= 11 is 0. The predicted molar refractivity (Wildman–Crippen MR) is 169 cm³/mol. The summed E-state index contributed by atoms with van der Waals surface area (Å²) in [5.41, 5.74) is 0.580. The molecule has 0 spiro atoms. The Labute approximate surface area is 284 Å². The van der Waals surface area contributed by atoms with Gasteiger partial charge >= 0.3 is 34.1 Å². The van der Waals surface area contributed by atoms with Gasteiger partial charge in [0, 0.05) is 6.67 Å². The van der Waals surface area contributed by atoms with E-state index in [4.69, 9.17) is 0 Å². The molecule has 0 saturated heterocycles. The van der Waals surface area contributed by atoms with E-state index in [1.807, 2.05) is 0 Å². The van der Waals surface area contributed by atoms with Crippen LogP contribution in [0.15, 0.2) is 0 Å². The molecule has 0 bridgehead atoms.